The predicted molar refractivity (Wildman–Crippen MR) is 100 cm³/mol. The average molecular weight is 405 g/mol. The minimum Gasteiger partial charge on any atom is -0.462 e. The highest BCUT2D eigenvalue weighted by atomic mass is 79.9. The summed E-state index contributed by atoms with van der Waals surface area (Å²) in [5, 5.41) is 2.95. The van der Waals surface area contributed by atoms with Gasteiger partial charge in [0.1, 0.15) is 5.01 Å². The first-order valence-electron chi connectivity index (χ1n) is 7.59. The molecule has 0 amide bonds. The normalized spacial score (nSPS) is 10.8. The Hall–Kier alpha value is -1.92. The third-order valence-electron chi connectivity index (χ3n) is 3.77. The van der Waals surface area contributed by atoms with Crippen molar-refractivity contribution in [2.24, 2.45) is 0 Å². The molecule has 0 saturated heterocycles. The lowest BCUT2D eigenvalue weighted by atomic mass is 10.1. The zero-order chi connectivity index (χ0) is 17.3. The van der Waals surface area contributed by atoms with E-state index in [0.29, 0.717) is 12.2 Å². The molecule has 1 aromatic carbocycles. The zero-order valence-electron chi connectivity index (χ0n) is 13.6. The molecule has 0 bridgehead atoms. The second kappa shape index (κ2) is 6.91. The standard InChI is InChI=1S/C18H17BrN2O2S/c1-4-23-18(22)15-10(2)16(20-11(15)3)14-9-24-17(21-14)12-5-7-13(19)8-6-12/h5-9,20H,4H2,1-3H3. The Bertz CT molecular complexity index is 881. The van der Waals surface area contributed by atoms with E-state index in [-0.39, 0.29) is 5.97 Å². The van der Waals surface area contributed by atoms with Crippen LogP contribution >= 0.6 is 27.3 Å². The number of halogens is 1. The van der Waals surface area contributed by atoms with Crippen molar-refractivity contribution in [2.75, 3.05) is 6.61 Å². The molecule has 24 heavy (non-hydrogen) atoms. The number of carbonyl (C=O) groups excluding carboxylic acids is 1. The summed E-state index contributed by atoms with van der Waals surface area (Å²) in [6.45, 7) is 5.97. The van der Waals surface area contributed by atoms with E-state index >= 15 is 0 Å². The highest BCUT2D eigenvalue weighted by Gasteiger charge is 2.21. The Morgan fingerprint density at radius 3 is 2.67 bits per heavy atom. The maximum absolute atomic E-state index is 12.1. The molecule has 0 unspecified atom stereocenters. The van der Waals surface area contributed by atoms with Gasteiger partial charge < -0.3 is 9.72 Å². The number of rotatable bonds is 4. The van der Waals surface area contributed by atoms with Gasteiger partial charge in [0, 0.05) is 21.1 Å². The monoisotopic (exact) mass is 404 g/mol. The van der Waals surface area contributed by atoms with Crippen LogP contribution in [-0.2, 0) is 4.74 Å². The highest BCUT2D eigenvalue weighted by Crippen LogP contribution is 2.32. The third kappa shape index (κ3) is 3.16. The van der Waals surface area contributed by atoms with Crippen LogP contribution in [0.5, 0.6) is 0 Å². The number of aromatic amines is 1. The second-order valence-corrected chi connectivity index (χ2v) is 7.16. The van der Waals surface area contributed by atoms with Crippen molar-refractivity contribution in [2.45, 2.75) is 20.8 Å². The lowest BCUT2D eigenvalue weighted by molar-refractivity contribution is 0.0525. The second-order valence-electron chi connectivity index (χ2n) is 5.39. The van der Waals surface area contributed by atoms with Crippen molar-refractivity contribution in [1.82, 2.24) is 9.97 Å². The van der Waals surface area contributed by atoms with E-state index in [4.69, 9.17) is 9.72 Å². The molecule has 124 valence electrons. The number of carbonyl (C=O) groups is 1. The summed E-state index contributed by atoms with van der Waals surface area (Å²) in [5.74, 6) is -0.293. The van der Waals surface area contributed by atoms with Gasteiger partial charge in [-0.2, -0.15) is 0 Å². The molecule has 2 heterocycles. The summed E-state index contributed by atoms with van der Waals surface area (Å²) >= 11 is 5.02. The van der Waals surface area contributed by atoms with Crippen LogP contribution in [-0.4, -0.2) is 22.5 Å². The van der Waals surface area contributed by atoms with Gasteiger partial charge in [-0.05, 0) is 38.5 Å². The lowest BCUT2D eigenvalue weighted by Crippen LogP contribution is -2.06. The number of nitrogens with zero attached hydrogens (tertiary/aromatic N) is 1. The van der Waals surface area contributed by atoms with Crippen LogP contribution in [0.1, 0.15) is 28.5 Å². The van der Waals surface area contributed by atoms with E-state index in [1.54, 1.807) is 18.3 Å². The predicted octanol–water partition coefficient (Wildman–Crippen LogP) is 5.36. The fourth-order valence-electron chi connectivity index (χ4n) is 2.63. The third-order valence-corrected chi connectivity index (χ3v) is 5.19. The number of nitrogens with one attached hydrogen (secondary N) is 1. The first-order chi connectivity index (χ1) is 11.5. The van der Waals surface area contributed by atoms with Gasteiger partial charge in [0.25, 0.3) is 0 Å². The molecule has 0 radical (unpaired) electrons. The van der Waals surface area contributed by atoms with Gasteiger partial charge in [-0.15, -0.1) is 11.3 Å². The smallest absolute Gasteiger partial charge is 0.340 e. The highest BCUT2D eigenvalue weighted by molar-refractivity contribution is 9.10. The van der Waals surface area contributed by atoms with Crippen LogP contribution in [0.25, 0.3) is 22.0 Å². The summed E-state index contributed by atoms with van der Waals surface area (Å²) in [7, 11) is 0. The lowest BCUT2D eigenvalue weighted by Gasteiger charge is -2.02. The molecule has 0 aliphatic heterocycles. The fourth-order valence-corrected chi connectivity index (χ4v) is 3.71. The minimum absolute atomic E-state index is 0.293. The van der Waals surface area contributed by atoms with Gasteiger partial charge in [-0.1, -0.05) is 28.1 Å². The maximum Gasteiger partial charge on any atom is 0.340 e. The van der Waals surface area contributed by atoms with Gasteiger partial charge in [0.05, 0.1) is 23.6 Å². The number of aryl methyl sites for hydroxylation is 1. The molecule has 3 rings (SSSR count). The number of benzene rings is 1. The molecule has 2 aromatic heterocycles. The average Bonchev–Trinajstić information content (AvgIpc) is 3.13. The van der Waals surface area contributed by atoms with Crippen LogP contribution in [0.3, 0.4) is 0 Å². The Balaban J connectivity index is 1.97. The van der Waals surface area contributed by atoms with Gasteiger partial charge in [-0.25, -0.2) is 9.78 Å². The molecular formula is C18H17BrN2O2S. The zero-order valence-corrected chi connectivity index (χ0v) is 16.0. The van der Waals surface area contributed by atoms with Gasteiger partial charge in [-0.3, -0.25) is 0 Å². The molecule has 0 aliphatic carbocycles. The van der Waals surface area contributed by atoms with E-state index in [9.17, 15) is 4.79 Å². The number of ether oxygens (including phenoxy) is 1. The Labute approximate surface area is 153 Å². The van der Waals surface area contributed by atoms with Crippen LogP contribution in [0, 0.1) is 13.8 Å². The van der Waals surface area contributed by atoms with Crippen molar-refractivity contribution >= 4 is 33.2 Å². The molecule has 4 nitrogen and oxygen atoms in total. The molecular weight excluding hydrogens is 388 g/mol. The number of H-pyrrole nitrogens is 1. The number of hydrogen-bond acceptors (Lipinski definition) is 4. The first kappa shape index (κ1) is 16.9. The van der Waals surface area contributed by atoms with Crippen LogP contribution < -0.4 is 0 Å². The maximum atomic E-state index is 12.1. The molecule has 0 aliphatic rings. The van der Waals surface area contributed by atoms with Gasteiger partial charge in [0.2, 0.25) is 0 Å². The fraction of sp³-hybridized carbons (Fsp3) is 0.222. The Morgan fingerprint density at radius 2 is 2.00 bits per heavy atom. The van der Waals surface area contributed by atoms with Gasteiger partial charge in [0.15, 0.2) is 0 Å². The SMILES string of the molecule is CCOC(=O)c1c(C)[nH]c(-c2csc(-c3ccc(Br)cc3)n2)c1C. The van der Waals surface area contributed by atoms with Crippen molar-refractivity contribution in [3.63, 3.8) is 0 Å². The first-order valence-corrected chi connectivity index (χ1v) is 9.26. The molecule has 0 atom stereocenters. The van der Waals surface area contributed by atoms with E-state index in [1.165, 1.54) is 0 Å². The molecule has 3 aromatic rings. The Morgan fingerprint density at radius 1 is 1.29 bits per heavy atom. The molecule has 0 fully saturated rings. The van der Waals surface area contributed by atoms with Crippen molar-refractivity contribution in [3.8, 4) is 22.0 Å². The van der Waals surface area contributed by atoms with Crippen molar-refractivity contribution in [1.29, 1.82) is 0 Å². The summed E-state index contributed by atoms with van der Waals surface area (Å²) in [4.78, 5) is 20.1. The molecule has 6 heteroatoms. The van der Waals surface area contributed by atoms with Crippen LogP contribution in [0.2, 0.25) is 0 Å². The van der Waals surface area contributed by atoms with Gasteiger partial charge >= 0.3 is 5.97 Å². The van der Waals surface area contributed by atoms with E-state index < -0.39 is 0 Å². The largest absolute Gasteiger partial charge is 0.462 e. The van der Waals surface area contributed by atoms with Crippen LogP contribution in [0.15, 0.2) is 34.1 Å². The molecule has 0 spiro atoms. The summed E-state index contributed by atoms with van der Waals surface area (Å²) < 4.78 is 6.18. The van der Waals surface area contributed by atoms with E-state index in [0.717, 1.165) is 37.7 Å². The number of aromatic nitrogens is 2. The van der Waals surface area contributed by atoms with E-state index in [1.807, 2.05) is 43.5 Å². The molecule has 0 saturated carbocycles. The van der Waals surface area contributed by atoms with Crippen molar-refractivity contribution in [3.05, 3.63) is 50.9 Å². The minimum atomic E-state index is -0.293. The number of esters is 1. The topological polar surface area (TPSA) is 55.0 Å². The van der Waals surface area contributed by atoms with E-state index in [2.05, 4.69) is 20.9 Å². The quantitative estimate of drug-likeness (QED) is 0.595. The Kier molecular flexibility index (Phi) is 4.87. The summed E-state index contributed by atoms with van der Waals surface area (Å²) in [6.07, 6.45) is 0. The van der Waals surface area contributed by atoms with Crippen LogP contribution in [0.4, 0.5) is 0 Å². The van der Waals surface area contributed by atoms with Crippen molar-refractivity contribution < 1.29 is 9.53 Å². The summed E-state index contributed by atoms with van der Waals surface area (Å²) in [6, 6.07) is 8.06. The summed E-state index contributed by atoms with van der Waals surface area (Å²) in [5.41, 5.74) is 5.06. The molecule has 1 N–H and O–H groups in total. The number of thiazole rings is 1. The number of hydrogen-bond donors (Lipinski definition) is 1.